The Labute approximate surface area is 130 Å². The fraction of sp³-hybridized carbons (Fsp3) is 0.500. The van der Waals surface area contributed by atoms with Crippen LogP contribution < -0.4 is 5.73 Å². The Bertz CT molecular complexity index is 591. The molecule has 1 aliphatic heterocycles. The van der Waals surface area contributed by atoms with E-state index < -0.39 is 9.84 Å². The molecule has 7 heteroatoms. The van der Waals surface area contributed by atoms with Crippen LogP contribution in [0.15, 0.2) is 34.2 Å². The molecule has 116 valence electrons. The van der Waals surface area contributed by atoms with Crippen molar-refractivity contribution >= 4 is 27.6 Å². The monoisotopic (exact) mass is 327 g/mol. The van der Waals surface area contributed by atoms with Gasteiger partial charge in [-0.05, 0) is 24.1 Å². The smallest absolute Gasteiger partial charge is 0.191 e. The summed E-state index contributed by atoms with van der Waals surface area (Å²) in [7, 11) is -3.12. The van der Waals surface area contributed by atoms with Crippen molar-refractivity contribution in [1.29, 1.82) is 0 Å². The summed E-state index contributed by atoms with van der Waals surface area (Å²) in [6, 6.07) is 6.94. The first-order valence-electron chi connectivity index (χ1n) is 6.88. The molecule has 1 fully saturated rings. The van der Waals surface area contributed by atoms with Gasteiger partial charge in [-0.1, -0.05) is 12.1 Å². The second-order valence-electron chi connectivity index (χ2n) is 5.01. The fourth-order valence-electron chi connectivity index (χ4n) is 2.10. The molecule has 0 atom stereocenters. The molecule has 0 spiro atoms. The summed E-state index contributed by atoms with van der Waals surface area (Å²) in [6.07, 6.45) is 1.97. The number of nitrogens with two attached hydrogens (primary N) is 1. The van der Waals surface area contributed by atoms with Crippen LogP contribution in [-0.2, 0) is 16.3 Å². The fourth-order valence-corrected chi connectivity index (χ4v) is 3.63. The summed E-state index contributed by atoms with van der Waals surface area (Å²) < 4.78 is 22.8. The summed E-state index contributed by atoms with van der Waals surface area (Å²) in [5.41, 5.74) is 7.04. The van der Waals surface area contributed by atoms with E-state index in [0.717, 1.165) is 36.6 Å². The van der Waals surface area contributed by atoms with E-state index in [2.05, 4.69) is 9.89 Å². The highest BCUT2D eigenvalue weighted by Gasteiger charge is 2.11. The highest BCUT2D eigenvalue weighted by molar-refractivity contribution is 7.99. The lowest BCUT2D eigenvalue weighted by atomic mass is 10.1. The van der Waals surface area contributed by atoms with Crippen molar-refractivity contribution in [3.05, 3.63) is 29.8 Å². The Morgan fingerprint density at radius 1 is 1.29 bits per heavy atom. The van der Waals surface area contributed by atoms with E-state index in [-0.39, 0.29) is 0 Å². The predicted molar refractivity (Wildman–Crippen MR) is 88.6 cm³/mol. The van der Waals surface area contributed by atoms with Gasteiger partial charge in [-0.2, -0.15) is 11.8 Å². The SMILES string of the molecule is CS(=O)(=O)c1ccc(CCN=C(N)N2CCSCC2)cc1. The number of benzene rings is 1. The van der Waals surface area contributed by atoms with Gasteiger partial charge in [0.2, 0.25) is 0 Å². The van der Waals surface area contributed by atoms with E-state index in [1.165, 1.54) is 6.26 Å². The van der Waals surface area contributed by atoms with E-state index in [9.17, 15) is 8.42 Å². The molecule has 0 saturated carbocycles. The van der Waals surface area contributed by atoms with Crippen LogP contribution in [0.2, 0.25) is 0 Å². The average Bonchev–Trinajstić information content (AvgIpc) is 2.47. The summed E-state index contributed by atoms with van der Waals surface area (Å²) in [5, 5.41) is 0. The molecule has 0 aliphatic carbocycles. The van der Waals surface area contributed by atoms with Crippen LogP contribution in [0.4, 0.5) is 0 Å². The zero-order valence-electron chi connectivity index (χ0n) is 12.2. The molecule has 1 saturated heterocycles. The van der Waals surface area contributed by atoms with Crippen molar-refractivity contribution in [3.63, 3.8) is 0 Å². The van der Waals surface area contributed by atoms with Crippen LogP contribution >= 0.6 is 11.8 Å². The lowest BCUT2D eigenvalue weighted by molar-refractivity contribution is 0.456. The number of rotatable bonds is 4. The highest BCUT2D eigenvalue weighted by atomic mass is 32.2. The summed E-state index contributed by atoms with van der Waals surface area (Å²) in [4.78, 5) is 6.87. The molecule has 1 heterocycles. The zero-order valence-corrected chi connectivity index (χ0v) is 13.8. The Morgan fingerprint density at radius 3 is 2.48 bits per heavy atom. The zero-order chi connectivity index (χ0) is 15.3. The number of hydrogen-bond donors (Lipinski definition) is 1. The van der Waals surface area contributed by atoms with Crippen molar-refractivity contribution in [3.8, 4) is 0 Å². The van der Waals surface area contributed by atoms with Gasteiger partial charge in [-0.25, -0.2) is 8.42 Å². The second-order valence-corrected chi connectivity index (χ2v) is 8.25. The van der Waals surface area contributed by atoms with Crippen LogP contribution in [0.1, 0.15) is 5.56 Å². The quantitative estimate of drug-likeness (QED) is 0.659. The van der Waals surface area contributed by atoms with E-state index in [1.54, 1.807) is 12.1 Å². The van der Waals surface area contributed by atoms with Crippen LogP contribution in [0.5, 0.6) is 0 Å². The largest absolute Gasteiger partial charge is 0.370 e. The Morgan fingerprint density at radius 2 is 1.90 bits per heavy atom. The standard InChI is InChI=1S/C14H21N3O2S2/c1-21(18,19)13-4-2-12(3-5-13)6-7-16-14(15)17-8-10-20-11-9-17/h2-5H,6-11H2,1H3,(H2,15,16). The number of sulfone groups is 1. The Balaban J connectivity index is 1.88. The van der Waals surface area contributed by atoms with Crippen molar-refractivity contribution in [2.45, 2.75) is 11.3 Å². The molecule has 1 aromatic rings. The number of thioether (sulfide) groups is 1. The third-order valence-electron chi connectivity index (χ3n) is 3.36. The van der Waals surface area contributed by atoms with Crippen LogP contribution in [0.25, 0.3) is 0 Å². The number of nitrogens with zero attached hydrogens (tertiary/aromatic N) is 2. The molecular formula is C14H21N3O2S2. The number of hydrogen-bond acceptors (Lipinski definition) is 4. The minimum absolute atomic E-state index is 0.347. The minimum Gasteiger partial charge on any atom is -0.370 e. The van der Waals surface area contributed by atoms with E-state index in [0.29, 0.717) is 17.4 Å². The molecule has 2 rings (SSSR count). The lowest BCUT2D eigenvalue weighted by Crippen LogP contribution is -2.42. The van der Waals surface area contributed by atoms with Gasteiger partial charge < -0.3 is 10.6 Å². The molecule has 1 aliphatic rings. The number of guanidine groups is 1. The first-order valence-corrected chi connectivity index (χ1v) is 9.93. The summed E-state index contributed by atoms with van der Waals surface area (Å²) in [6.45, 7) is 2.54. The van der Waals surface area contributed by atoms with Crippen molar-refractivity contribution < 1.29 is 8.42 Å². The molecular weight excluding hydrogens is 306 g/mol. The van der Waals surface area contributed by atoms with Crippen molar-refractivity contribution in [2.75, 3.05) is 37.4 Å². The minimum atomic E-state index is -3.12. The molecule has 1 aromatic carbocycles. The first-order chi connectivity index (χ1) is 9.97. The van der Waals surface area contributed by atoms with Crippen LogP contribution in [0.3, 0.4) is 0 Å². The van der Waals surface area contributed by atoms with Crippen LogP contribution in [-0.4, -0.2) is 56.7 Å². The van der Waals surface area contributed by atoms with Gasteiger partial charge in [0.1, 0.15) is 0 Å². The van der Waals surface area contributed by atoms with E-state index in [4.69, 9.17) is 5.73 Å². The molecule has 5 nitrogen and oxygen atoms in total. The molecule has 0 amide bonds. The van der Waals surface area contributed by atoms with Gasteiger partial charge in [0.15, 0.2) is 15.8 Å². The molecule has 0 bridgehead atoms. The molecule has 21 heavy (non-hydrogen) atoms. The normalized spacial score (nSPS) is 17.0. The van der Waals surface area contributed by atoms with E-state index in [1.807, 2.05) is 23.9 Å². The van der Waals surface area contributed by atoms with Gasteiger partial charge in [0.25, 0.3) is 0 Å². The molecule has 0 radical (unpaired) electrons. The second kappa shape index (κ2) is 7.17. The summed E-state index contributed by atoms with van der Waals surface area (Å²) in [5.74, 6) is 2.81. The first kappa shape index (κ1) is 16.2. The topological polar surface area (TPSA) is 75.8 Å². The summed E-state index contributed by atoms with van der Waals surface area (Å²) >= 11 is 1.94. The van der Waals surface area contributed by atoms with Crippen molar-refractivity contribution in [1.82, 2.24) is 4.90 Å². The van der Waals surface area contributed by atoms with Gasteiger partial charge >= 0.3 is 0 Å². The van der Waals surface area contributed by atoms with Crippen LogP contribution in [0, 0.1) is 0 Å². The Hall–Kier alpha value is -1.21. The van der Waals surface area contributed by atoms with Gasteiger partial charge in [0.05, 0.1) is 4.90 Å². The maximum atomic E-state index is 11.4. The lowest BCUT2D eigenvalue weighted by Gasteiger charge is -2.27. The predicted octanol–water partition coefficient (Wildman–Crippen LogP) is 0.996. The molecule has 2 N–H and O–H groups in total. The third-order valence-corrected chi connectivity index (χ3v) is 5.43. The highest BCUT2D eigenvalue weighted by Crippen LogP contribution is 2.11. The molecule has 0 aromatic heterocycles. The molecule has 0 unspecified atom stereocenters. The maximum absolute atomic E-state index is 11.4. The van der Waals surface area contributed by atoms with Gasteiger partial charge in [-0.15, -0.1) is 0 Å². The van der Waals surface area contributed by atoms with Crippen molar-refractivity contribution in [2.24, 2.45) is 10.7 Å². The average molecular weight is 327 g/mol. The van der Waals surface area contributed by atoms with E-state index >= 15 is 0 Å². The maximum Gasteiger partial charge on any atom is 0.191 e. The van der Waals surface area contributed by atoms with Gasteiger partial charge in [0, 0.05) is 37.4 Å². The third kappa shape index (κ3) is 4.93. The Kier molecular flexibility index (Phi) is 5.52. The number of aliphatic imine (C=N–C) groups is 1. The van der Waals surface area contributed by atoms with Gasteiger partial charge in [-0.3, -0.25) is 4.99 Å².